The molecule has 0 amide bonds. The Morgan fingerprint density at radius 1 is 1.43 bits per heavy atom. The second-order valence-electron chi connectivity index (χ2n) is 3.74. The maximum absolute atomic E-state index is 9.74. The highest BCUT2D eigenvalue weighted by Crippen LogP contribution is 2.31. The minimum atomic E-state index is -0.262. The van der Waals surface area contributed by atoms with Crippen LogP contribution in [0.25, 0.3) is 0 Å². The van der Waals surface area contributed by atoms with E-state index in [2.05, 4.69) is 30.4 Å². The van der Waals surface area contributed by atoms with Gasteiger partial charge in [0.25, 0.3) is 0 Å². The lowest BCUT2D eigenvalue weighted by Gasteiger charge is -2.14. The van der Waals surface area contributed by atoms with E-state index in [4.69, 9.17) is 0 Å². The molecule has 0 aliphatic heterocycles. The Labute approximate surface area is 86.0 Å². The first-order chi connectivity index (χ1) is 6.22. The zero-order chi connectivity index (χ0) is 9.42. The Bertz CT molecular complexity index is 322. The van der Waals surface area contributed by atoms with Gasteiger partial charge in [-0.2, -0.15) is 0 Å². The molecule has 0 saturated carbocycles. The molecular formula is C12H19NO. The maximum atomic E-state index is 9.74. The molecule has 1 aromatic rings. The van der Waals surface area contributed by atoms with Crippen molar-refractivity contribution in [3.05, 3.63) is 34.9 Å². The van der Waals surface area contributed by atoms with Crippen LogP contribution < -0.4 is 5.32 Å². The SMILES string of the molecule is C.CN[C@@H]1c2cc(C)ccc2C[C@H]1O. The van der Waals surface area contributed by atoms with Gasteiger partial charge in [-0.15, -0.1) is 0 Å². The van der Waals surface area contributed by atoms with Crippen LogP contribution in [-0.2, 0) is 6.42 Å². The monoisotopic (exact) mass is 193 g/mol. The van der Waals surface area contributed by atoms with Crippen LogP contribution in [0.2, 0.25) is 0 Å². The molecule has 0 bridgehead atoms. The van der Waals surface area contributed by atoms with Gasteiger partial charge in [-0.3, -0.25) is 0 Å². The lowest BCUT2D eigenvalue weighted by atomic mass is 10.1. The standard InChI is InChI=1S/C11H15NO.CH4/c1-7-3-4-8-6-10(13)11(12-2)9(8)5-7;/h3-5,10-13H,6H2,1-2H3;1H4/t10-,11-;/m1./s1. The summed E-state index contributed by atoms with van der Waals surface area (Å²) in [5.41, 5.74) is 3.79. The van der Waals surface area contributed by atoms with Crippen LogP contribution in [0, 0.1) is 6.92 Å². The Hall–Kier alpha value is -0.860. The molecule has 0 aromatic heterocycles. The van der Waals surface area contributed by atoms with Crippen LogP contribution in [0.1, 0.15) is 30.2 Å². The molecule has 2 heteroatoms. The molecule has 0 spiro atoms. The summed E-state index contributed by atoms with van der Waals surface area (Å²) >= 11 is 0. The number of aliphatic hydroxyl groups is 1. The molecule has 0 fully saturated rings. The van der Waals surface area contributed by atoms with E-state index < -0.39 is 0 Å². The van der Waals surface area contributed by atoms with Crippen molar-refractivity contribution in [2.24, 2.45) is 0 Å². The van der Waals surface area contributed by atoms with Gasteiger partial charge < -0.3 is 10.4 Å². The van der Waals surface area contributed by atoms with E-state index in [0.717, 1.165) is 6.42 Å². The number of aryl methyl sites for hydroxylation is 1. The average Bonchev–Trinajstić information content (AvgIpc) is 2.40. The smallest absolute Gasteiger partial charge is 0.0775 e. The van der Waals surface area contributed by atoms with E-state index in [1.165, 1.54) is 16.7 Å². The predicted octanol–water partition coefficient (Wildman–Crippen LogP) is 1.81. The molecule has 1 aromatic carbocycles. The second kappa shape index (κ2) is 4.11. The first-order valence-electron chi connectivity index (χ1n) is 4.67. The number of fused-ring (bicyclic) bond motifs is 1. The molecular weight excluding hydrogens is 174 g/mol. The second-order valence-corrected chi connectivity index (χ2v) is 3.74. The van der Waals surface area contributed by atoms with Crippen molar-refractivity contribution < 1.29 is 5.11 Å². The van der Waals surface area contributed by atoms with Crippen molar-refractivity contribution in [3.63, 3.8) is 0 Å². The van der Waals surface area contributed by atoms with E-state index in [9.17, 15) is 5.11 Å². The quantitative estimate of drug-likeness (QED) is 0.713. The minimum absolute atomic E-state index is 0. The highest BCUT2D eigenvalue weighted by Gasteiger charge is 2.29. The summed E-state index contributed by atoms with van der Waals surface area (Å²) in [7, 11) is 1.89. The van der Waals surface area contributed by atoms with Crippen LogP contribution in [0.4, 0.5) is 0 Å². The minimum Gasteiger partial charge on any atom is -0.391 e. The van der Waals surface area contributed by atoms with Crippen LogP contribution in [0.3, 0.4) is 0 Å². The Balaban J connectivity index is 0.000000980. The van der Waals surface area contributed by atoms with Crippen molar-refractivity contribution in [3.8, 4) is 0 Å². The van der Waals surface area contributed by atoms with Crippen LogP contribution in [0.15, 0.2) is 18.2 Å². The first kappa shape index (κ1) is 11.2. The summed E-state index contributed by atoms with van der Waals surface area (Å²) in [6.45, 7) is 2.08. The third-order valence-corrected chi connectivity index (χ3v) is 2.76. The van der Waals surface area contributed by atoms with E-state index in [1.54, 1.807) is 0 Å². The normalized spacial score (nSPS) is 24.2. The Kier molecular flexibility index (Phi) is 3.29. The lowest BCUT2D eigenvalue weighted by molar-refractivity contribution is 0.145. The molecule has 0 saturated heterocycles. The fourth-order valence-electron chi connectivity index (χ4n) is 2.09. The molecule has 78 valence electrons. The number of hydrogen-bond acceptors (Lipinski definition) is 2. The number of likely N-dealkylation sites (N-methyl/N-ethyl adjacent to an activating group) is 1. The van der Waals surface area contributed by atoms with E-state index in [0.29, 0.717) is 0 Å². The van der Waals surface area contributed by atoms with Gasteiger partial charge in [-0.1, -0.05) is 31.2 Å². The number of hydrogen-bond donors (Lipinski definition) is 2. The van der Waals surface area contributed by atoms with Crippen molar-refractivity contribution in [1.29, 1.82) is 0 Å². The molecule has 0 heterocycles. The van der Waals surface area contributed by atoms with Gasteiger partial charge in [0.1, 0.15) is 0 Å². The molecule has 2 atom stereocenters. The first-order valence-corrected chi connectivity index (χ1v) is 4.67. The summed E-state index contributed by atoms with van der Waals surface area (Å²) in [4.78, 5) is 0. The molecule has 2 nitrogen and oxygen atoms in total. The van der Waals surface area contributed by atoms with Crippen molar-refractivity contribution in [2.45, 2.75) is 32.9 Å². The van der Waals surface area contributed by atoms with Crippen LogP contribution in [-0.4, -0.2) is 18.3 Å². The fraction of sp³-hybridized carbons (Fsp3) is 0.500. The van der Waals surface area contributed by atoms with Crippen molar-refractivity contribution in [1.82, 2.24) is 5.32 Å². The van der Waals surface area contributed by atoms with E-state index in [-0.39, 0.29) is 19.6 Å². The summed E-state index contributed by atoms with van der Waals surface area (Å²) in [5.74, 6) is 0. The van der Waals surface area contributed by atoms with Gasteiger partial charge in [0.05, 0.1) is 12.1 Å². The highest BCUT2D eigenvalue weighted by molar-refractivity contribution is 5.39. The van der Waals surface area contributed by atoms with E-state index in [1.807, 2.05) is 7.05 Å². The fourth-order valence-corrected chi connectivity index (χ4v) is 2.09. The Morgan fingerprint density at radius 2 is 2.14 bits per heavy atom. The van der Waals surface area contributed by atoms with Crippen LogP contribution in [0.5, 0.6) is 0 Å². The average molecular weight is 193 g/mol. The predicted molar refractivity (Wildman–Crippen MR) is 59.4 cm³/mol. The van der Waals surface area contributed by atoms with Gasteiger partial charge in [0.15, 0.2) is 0 Å². The van der Waals surface area contributed by atoms with Crippen LogP contribution >= 0.6 is 0 Å². The number of nitrogens with one attached hydrogen (secondary N) is 1. The number of benzene rings is 1. The van der Waals surface area contributed by atoms with Gasteiger partial charge in [0, 0.05) is 6.42 Å². The van der Waals surface area contributed by atoms with Crippen molar-refractivity contribution in [2.75, 3.05) is 7.05 Å². The summed E-state index contributed by atoms with van der Waals surface area (Å²) in [5, 5.41) is 12.9. The summed E-state index contributed by atoms with van der Waals surface area (Å²) in [6.07, 6.45) is 0.517. The van der Waals surface area contributed by atoms with E-state index >= 15 is 0 Å². The third-order valence-electron chi connectivity index (χ3n) is 2.76. The Morgan fingerprint density at radius 3 is 2.79 bits per heavy atom. The summed E-state index contributed by atoms with van der Waals surface area (Å²) in [6, 6.07) is 6.50. The lowest BCUT2D eigenvalue weighted by Crippen LogP contribution is -2.25. The maximum Gasteiger partial charge on any atom is 0.0775 e. The largest absolute Gasteiger partial charge is 0.391 e. The highest BCUT2D eigenvalue weighted by atomic mass is 16.3. The number of rotatable bonds is 1. The third kappa shape index (κ3) is 1.68. The zero-order valence-electron chi connectivity index (χ0n) is 8.04. The molecule has 0 unspecified atom stereocenters. The summed E-state index contributed by atoms with van der Waals surface area (Å²) < 4.78 is 0. The molecule has 1 aliphatic carbocycles. The molecule has 2 rings (SSSR count). The van der Waals surface area contributed by atoms with Gasteiger partial charge in [-0.05, 0) is 25.1 Å². The molecule has 14 heavy (non-hydrogen) atoms. The van der Waals surface area contributed by atoms with Crippen molar-refractivity contribution >= 4 is 0 Å². The molecule has 1 aliphatic rings. The topological polar surface area (TPSA) is 32.3 Å². The zero-order valence-corrected chi connectivity index (χ0v) is 8.04. The number of aliphatic hydroxyl groups excluding tert-OH is 1. The van der Waals surface area contributed by atoms with Gasteiger partial charge >= 0.3 is 0 Å². The molecule has 0 radical (unpaired) electrons. The van der Waals surface area contributed by atoms with Gasteiger partial charge in [-0.25, -0.2) is 0 Å². The van der Waals surface area contributed by atoms with Gasteiger partial charge in [0.2, 0.25) is 0 Å². The molecule has 2 N–H and O–H groups in total.